The minimum Gasteiger partial charge on any atom is -0.302 e. The van der Waals surface area contributed by atoms with Gasteiger partial charge in [-0.25, -0.2) is 4.99 Å². The fraction of sp³-hybridized carbons (Fsp3) is 0.0556. The molecule has 216 valence electrons. The summed E-state index contributed by atoms with van der Waals surface area (Å²) in [6, 6.07) is 32.4. The molecule has 3 heterocycles. The number of pyridine rings is 1. The molecule has 0 aliphatic rings. The second-order valence-electron chi connectivity index (χ2n) is 11.0. The second-order valence-corrected chi connectivity index (χ2v) is 12.6. The van der Waals surface area contributed by atoms with Gasteiger partial charge in [-0.05, 0) is 73.2 Å². The number of nitrogens with zero attached hydrogens (tertiary/aromatic N) is 5. The number of hydrogen-bond donors (Lipinski definition) is 0. The van der Waals surface area contributed by atoms with Crippen molar-refractivity contribution in [3.63, 3.8) is 0 Å². The lowest BCUT2D eigenvalue weighted by Crippen LogP contribution is -2.30. The number of anilines is 3. The molecule has 0 radical (unpaired) electrons. The van der Waals surface area contributed by atoms with Crippen molar-refractivity contribution < 1.29 is 0 Å². The maximum atomic E-state index is 13.1. The number of aromatic nitrogens is 3. The topological polar surface area (TPSA) is 88.4 Å². The summed E-state index contributed by atoms with van der Waals surface area (Å²) in [7, 11) is 0. The first-order valence-electron chi connectivity index (χ1n) is 14.3. The van der Waals surface area contributed by atoms with Crippen molar-refractivity contribution in [2.24, 2.45) is 4.99 Å². The van der Waals surface area contributed by atoms with Crippen LogP contribution in [0.5, 0.6) is 0 Å². The van der Waals surface area contributed by atoms with E-state index in [4.69, 9.17) is 4.98 Å². The van der Waals surface area contributed by atoms with E-state index in [-0.39, 0.29) is 5.36 Å². The fourth-order valence-corrected chi connectivity index (χ4v) is 7.20. The van der Waals surface area contributed by atoms with E-state index in [0.29, 0.717) is 33.2 Å². The van der Waals surface area contributed by atoms with Crippen molar-refractivity contribution in [3.8, 4) is 10.6 Å². The highest BCUT2D eigenvalue weighted by molar-refractivity contribution is 7.19. The Hall–Kier alpha value is -5.38. The lowest BCUT2D eigenvalue weighted by Gasteiger charge is -2.24. The highest BCUT2D eigenvalue weighted by Crippen LogP contribution is 2.43. The summed E-state index contributed by atoms with van der Waals surface area (Å²) in [5, 5.41) is 3.86. The van der Waals surface area contributed by atoms with Crippen LogP contribution in [0.4, 0.5) is 22.1 Å². The Morgan fingerprint density at radius 2 is 1.31 bits per heavy atom. The molecule has 0 saturated carbocycles. The van der Waals surface area contributed by atoms with Crippen LogP contribution >= 0.6 is 23.1 Å². The van der Waals surface area contributed by atoms with Gasteiger partial charge in [0.2, 0.25) is 5.43 Å². The van der Waals surface area contributed by atoms with Crippen LogP contribution in [-0.2, 0) is 0 Å². The summed E-state index contributed by atoms with van der Waals surface area (Å²) in [6.45, 7) is 4.16. The molecular formula is C36H23N5O2S2. The molecule has 0 atom stereocenters. The molecule has 0 N–H and O–H groups in total. The van der Waals surface area contributed by atoms with Gasteiger partial charge >= 0.3 is 0 Å². The summed E-state index contributed by atoms with van der Waals surface area (Å²) in [5.41, 5.74) is 5.55. The van der Waals surface area contributed by atoms with Crippen LogP contribution in [0.15, 0.2) is 118 Å². The largest absolute Gasteiger partial charge is 0.302 e. The van der Waals surface area contributed by atoms with Gasteiger partial charge in [0, 0.05) is 22.1 Å². The maximum Gasteiger partial charge on any atom is 0.252 e. The van der Waals surface area contributed by atoms with E-state index in [1.165, 1.54) is 11.1 Å². The van der Waals surface area contributed by atoms with E-state index in [0.717, 1.165) is 43.8 Å². The molecule has 3 aromatic heterocycles. The lowest BCUT2D eigenvalue weighted by molar-refractivity contribution is 1.28. The average Bonchev–Trinajstić information content (AvgIpc) is 3.79. The van der Waals surface area contributed by atoms with Crippen molar-refractivity contribution in [3.05, 3.63) is 140 Å². The molecule has 8 aromatic rings. The van der Waals surface area contributed by atoms with Crippen LogP contribution < -0.4 is 21.1 Å². The summed E-state index contributed by atoms with van der Waals surface area (Å²) < 4.78 is 9.11. The Labute approximate surface area is 265 Å². The van der Waals surface area contributed by atoms with Crippen molar-refractivity contribution >= 4 is 77.7 Å². The molecule has 0 spiro atoms. The van der Waals surface area contributed by atoms with Crippen molar-refractivity contribution in [2.45, 2.75) is 13.8 Å². The van der Waals surface area contributed by atoms with Crippen LogP contribution in [0, 0.1) is 13.8 Å². The van der Waals surface area contributed by atoms with Gasteiger partial charge in [-0.15, -0.1) is 11.3 Å². The minimum atomic E-state index is -0.629. The molecule has 0 saturated heterocycles. The molecule has 0 aliphatic carbocycles. The lowest BCUT2D eigenvalue weighted by atomic mass is 10.1. The number of aryl methyl sites for hydroxylation is 2. The highest BCUT2D eigenvalue weighted by Gasteiger charge is 2.20. The first-order valence-corrected chi connectivity index (χ1v) is 15.8. The minimum absolute atomic E-state index is 0.106. The van der Waals surface area contributed by atoms with Gasteiger partial charge in [-0.3, -0.25) is 14.6 Å². The molecule has 9 heteroatoms. The standard InChI is InChI=1S/C36H23N5O2S2/c1-20-7-11-24(12-8-20)41(25-13-9-21(2)10-14-25)30-16-15-29(44-30)33-34-32(39-45-40-34)28(19-37-33)38-31-26-17-22-5-3-4-6-23(22)18-27(26)35(42)36(31)43/h3-19H,1-2H3/b38-31-. The normalized spacial score (nSPS) is 12.1. The predicted octanol–water partition coefficient (Wildman–Crippen LogP) is 8.04. The van der Waals surface area contributed by atoms with E-state index in [2.05, 4.69) is 87.1 Å². The first-order chi connectivity index (χ1) is 21.9. The molecule has 7 nitrogen and oxygen atoms in total. The molecular weight excluding hydrogens is 599 g/mol. The molecule has 5 aromatic carbocycles. The Balaban J connectivity index is 1.24. The average molecular weight is 622 g/mol. The van der Waals surface area contributed by atoms with Crippen molar-refractivity contribution in [1.82, 2.24) is 13.7 Å². The van der Waals surface area contributed by atoms with E-state index in [1.807, 2.05) is 36.4 Å². The van der Waals surface area contributed by atoms with Crippen molar-refractivity contribution in [1.29, 1.82) is 0 Å². The number of fused-ring (bicyclic) bond motifs is 3. The van der Waals surface area contributed by atoms with E-state index in [1.54, 1.807) is 23.6 Å². The molecule has 0 amide bonds. The van der Waals surface area contributed by atoms with Gasteiger partial charge in [-0.2, -0.15) is 8.75 Å². The van der Waals surface area contributed by atoms with Gasteiger partial charge in [-0.1, -0.05) is 59.7 Å². The molecule has 0 aliphatic heterocycles. The number of thiophene rings is 1. The predicted molar refractivity (Wildman–Crippen MR) is 184 cm³/mol. The zero-order valence-electron chi connectivity index (χ0n) is 24.2. The summed E-state index contributed by atoms with van der Waals surface area (Å²) in [5.74, 6) is 0. The monoisotopic (exact) mass is 621 g/mol. The quantitative estimate of drug-likeness (QED) is 0.181. The van der Waals surface area contributed by atoms with Crippen LogP contribution in [0.3, 0.4) is 0 Å². The van der Waals surface area contributed by atoms with E-state index < -0.39 is 10.9 Å². The van der Waals surface area contributed by atoms with Crippen LogP contribution in [-0.4, -0.2) is 13.7 Å². The number of hydrogen-bond acceptors (Lipinski definition) is 9. The molecule has 45 heavy (non-hydrogen) atoms. The molecule has 0 fully saturated rings. The molecule has 0 unspecified atom stereocenters. The van der Waals surface area contributed by atoms with Gasteiger partial charge < -0.3 is 4.90 Å². The Morgan fingerprint density at radius 3 is 1.98 bits per heavy atom. The summed E-state index contributed by atoms with van der Waals surface area (Å²) in [6.07, 6.45) is 1.61. The molecule has 0 bridgehead atoms. The van der Waals surface area contributed by atoms with E-state index >= 15 is 0 Å². The Bertz CT molecular complexity index is 2510. The van der Waals surface area contributed by atoms with Gasteiger partial charge in [0.1, 0.15) is 32.8 Å². The first kappa shape index (κ1) is 27.2. The second kappa shape index (κ2) is 10.7. The maximum absolute atomic E-state index is 13.1. The zero-order valence-corrected chi connectivity index (χ0v) is 25.8. The van der Waals surface area contributed by atoms with Gasteiger partial charge in [0.05, 0.1) is 22.8 Å². The fourth-order valence-electron chi connectivity index (χ4n) is 5.60. The van der Waals surface area contributed by atoms with Crippen molar-refractivity contribution in [2.75, 3.05) is 4.90 Å². The number of rotatable bonds is 5. The third-order valence-electron chi connectivity index (χ3n) is 7.94. The smallest absolute Gasteiger partial charge is 0.252 e. The van der Waals surface area contributed by atoms with Crippen LogP contribution in [0.25, 0.3) is 43.1 Å². The van der Waals surface area contributed by atoms with Crippen LogP contribution in [0.1, 0.15) is 11.1 Å². The SMILES string of the molecule is Cc1ccc(N(c2ccc(C)cc2)c2ccc(-c3ncc(/N=c4\c(=O)c(=O)c5cc6ccccc6cc45)c4nsnc34)s2)cc1. The zero-order chi connectivity index (χ0) is 30.7. The van der Waals surface area contributed by atoms with Gasteiger partial charge in [0.25, 0.3) is 5.43 Å². The third-order valence-corrected chi connectivity index (χ3v) is 9.55. The van der Waals surface area contributed by atoms with E-state index in [9.17, 15) is 9.59 Å². The summed E-state index contributed by atoms with van der Waals surface area (Å²) >= 11 is 2.67. The third kappa shape index (κ3) is 4.64. The Kier molecular flexibility index (Phi) is 6.44. The highest BCUT2D eigenvalue weighted by atomic mass is 32.1. The number of benzene rings is 4. The van der Waals surface area contributed by atoms with Gasteiger partial charge in [0.15, 0.2) is 0 Å². The Morgan fingerprint density at radius 1 is 0.689 bits per heavy atom. The summed E-state index contributed by atoms with van der Waals surface area (Å²) in [4.78, 5) is 38.6. The molecule has 8 rings (SSSR count). The van der Waals surface area contributed by atoms with Crippen LogP contribution in [0.2, 0.25) is 0 Å².